The summed E-state index contributed by atoms with van der Waals surface area (Å²) in [6.45, 7) is 11.8. The second kappa shape index (κ2) is 14.7. The summed E-state index contributed by atoms with van der Waals surface area (Å²) in [4.78, 5) is 88.1. The van der Waals surface area contributed by atoms with Crippen LogP contribution in [0, 0.1) is 19.8 Å². The molecule has 0 radical (unpaired) electrons. The number of nitrogens with two attached hydrogens (primary N) is 1. The smallest absolute Gasteiger partial charge is 0.274 e. The van der Waals surface area contributed by atoms with E-state index in [0.29, 0.717) is 21.3 Å². The molecule has 53 heavy (non-hydrogen) atoms. The van der Waals surface area contributed by atoms with Crippen molar-refractivity contribution in [3.05, 3.63) is 74.0 Å². The molecule has 4 atom stereocenters. The number of fused-ring (bicyclic) bond motifs is 11. The van der Waals surface area contributed by atoms with Gasteiger partial charge in [0.05, 0.1) is 6.04 Å². The number of aromatic nitrogens is 5. The number of nitrogens with one attached hydrogen (secondary N) is 4. The first-order chi connectivity index (χ1) is 25.1. The monoisotopic (exact) mass is 760 g/mol. The standard InChI is InChI=1S/C34H36N10O7S2/c1-12(2)22-29(48)37-14(4)32-44-24(17(7)51-32)30(49)38-15(5)33-40-20(10-52-33)27(46)36-13(3)31-43-23(16(6)50-31)25-18(8-9-19(39-25)26(35)45)34-41-21(11-53-34)28(47)42-22/h8-15,22H,1-7H3,(H2,35,45)(H,36,46)(H,37,48)(H,38,49)(H,42,47). The topological polar surface area (TPSA) is 250 Å². The number of carbonyl (C=O) groups is 5. The molecule has 8 bridgehead atoms. The van der Waals surface area contributed by atoms with Crippen molar-refractivity contribution in [1.29, 1.82) is 0 Å². The minimum atomic E-state index is -0.970. The SMILES string of the molecule is Cc1oc2nc1C(=O)NC(C)c1nc(cs1)C(=O)NC(C)c1nc(c(C)o1)-c1nc(C(N)=O)ccc1-c1nc(cs1)C(=O)NC(C(C)C)C(=O)NC2C. The van der Waals surface area contributed by atoms with E-state index in [0.717, 1.165) is 11.3 Å². The molecule has 19 heteroatoms. The summed E-state index contributed by atoms with van der Waals surface area (Å²) in [5.74, 6) is -2.44. The minimum Gasteiger partial charge on any atom is -0.443 e. The van der Waals surface area contributed by atoms with Gasteiger partial charge in [-0.25, -0.2) is 24.9 Å². The molecule has 0 aromatic carbocycles. The summed E-state index contributed by atoms with van der Waals surface area (Å²) in [6.07, 6.45) is 0. The first-order valence-electron chi connectivity index (χ1n) is 16.5. The Labute approximate surface area is 310 Å². The third-order valence-corrected chi connectivity index (χ3v) is 10.2. The second-order valence-electron chi connectivity index (χ2n) is 12.8. The minimum absolute atomic E-state index is 0.0222. The highest BCUT2D eigenvalue weighted by molar-refractivity contribution is 7.13. The van der Waals surface area contributed by atoms with Crippen LogP contribution in [0.1, 0.15) is 123 Å². The summed E-state index contributed by atoms with van der Waals surface area (Å²) in [5.41, 5.74) is 6.62. The molecule has 0 aliphatic carbocycles. The van der Waals surface area contributed by atoms with E-state index >= 15 is 0 Å². The zero-order valence-corrected chi connectivity index (χ0v) is 31.3. The van der Waals surface area contributed by atoms with Gasteiger partial charge in [0.2, 0.25) is 17.7 Å². The van der Waals surface area contributed by atoms with Crippen molar-refractivity contribution in [2.24, 2.45) is 11.7 Å². The van der Waals surface area contributed by atoms with Gasteiger partial charge in [-0.3, -0.25) is 24.0 Å². The van der Waals surface area contributed by atoms with Crippen LogP contribution in [0.15, 0.2) is 31.7 Å². The summed E-state index contributed by atoms with van der Waals surface area (Å²) >= 11 is 2.33. The molecule has 1 aliphatic rings. The number of rotatable bonds is 2. The van der Waals surface area contributed by atoms with Gasteiger partial charge in [-0.2, -0.15) is 0 Å². The summed E-state index contributed by atoms with van der Waals surface area (Å²) in [6, 6.07) is -0.0243. The van der Waals surface area contributed by atoms with E-state index in [1.165, 1.54) is 22.8 Å². The largest absolute Gasteiger partial charge is 0.443 e. The summed E-state index contributed by atoms with van der Waals surface area (Å²) < 4.78 is 11.7. The Bertz CT molecular complexity index is 2250. The molecule has 0 saturated carbocycles. The molecule has 0 fully saturated rings. The maximum absolute atomic E-state index is 13.5. The van der Waals surface area contributed by atoms with Crippen LogP contribution < -0.4 is 27.0 Å². The molecule has 6 N–H and O–H groups in total. The quantitative estimate of drug-likeness (QED) is 0.172. The summed E-state index contributed by atoms with van der Waals surface area (Å²) in [7, 11) is 0. The van der Waals surface area contributed by atoms with Gasteiger partial charge in [0, 0.05) is 16.3 Å². The van der Waals surface area contributed by atoms with Gasteiger partial charge in [-0.05, 0) is 52.7 Å². The van der Waals surface area contributed by atoms with E-state index in [2.05, 4.69) is 46.2 Å². The van der Waals surface area contributed by atoms with Crippen LogP contribution in [0.4, 0.5) is 0 Å². The molecule has 5 aromatic rings. The van der Waals surface area contributed by atoms with Crippen LogP contribution in [-0.4, -0.2) is 60.5 Å². The molecule has 4 unspecified atom stereocenters. The first-order valence-corrected chi connectivity index (χ1v) is 18.3. The number of nitrogens with zero attached hydrogens (tertiary/aromatic N) is 5. The fraction of sp³-hybridized carbons (Fsp3) is 0.353. The third-order valence-electron chi connectivity index (χ3n) is 8.34. The van der Waals surface area contributed by atoms with E-state index in [4.69, 9.17) is 14.6 Å². The predicted molar refractivity (Wildman–Crippen MR) is 192 cm³/mol. The molecule has 1 aliphatic heterocycles. The van der Waals surface area contributed by atoms with Gasteiger partial charge < -0.3 is 35.8 Å². The highest BCUT2D eigenvalue weighted by Crippen LogP contribution is 2.35. The lowest BCUT2D eigenvalue weighted by molar-refractivity contribution is -0.124. The number of hydrogen-bond acceptors (Lipinski definition) is 14. The molecular weight excluding hydrogens is 725 g/mol. The van der Waals surface area contributed by atoms with E-state index in [1.54, 1.807) is 59.9 Å². The van der Waals surface area contributed by atoms with Gasteiger partial charge in [0.15, 0.2) is 5.69 Å². The lowest BCUT2D eigenvalue weighted by atomic mass is 10.0. The Morgan fingerprint density at radius 3 is 1.98 bits per heavy atom. The average Bonchev–Trinajstić information content (AvgIpc) is 3.92. The van der Waals surface area contributed by atoms with Crippen molar-refractivity contribution in [1.82, 2.24) is 46.2 Å². The van der Waals surface area contributed by atoms with Crippen molar-refractivity contribution in [2.75, 3.05) is 0 Å². The van der Waals surface area contributed by atoms with E-state index in [9.17, 15) is 24.0 Å². The second-order valence-corrected chi connectivity index (χ2v) is 14.5. The number of oxazole rings is 2. The molecule has 276 valence electrons. The zero-order chi connectivity index (χ0) is 38.3. The Morgan fingerprint density at radius 1 is 0.717 bits per heavy atom. The first kappa shape index (κ1) is 37.0. The fourth-order valence-corrected chi connectivity index (χ4v) is 7.08. The maximum atomic E-state index is 13.5. The lowest BCUT2D eigenvalue weighted by Crippen LogP contribution is -2.50. The van der Waals surface area contributed by atoms with Gasteiger partial charge in [0.1, 0.15) is 68.1 Å². The van der Waals surface area contributed by atoms with Gasteiger partial charge in [-0.15, -0.1) is 22.7 Å². The number of aryl methyl sites for hydroxylation is 2. The Hall–Kier alpha value is -5.82. The Balaban J connectivity index is 1.40. The van der Waals surface area contributed by atoms with Gasteiger partial charge in [-0.1, -0.05) is 13.8 Å². The van der Waals surface area contributed by atoms with Crippen LogP contribution >= 0.6 is 22.7 Å². The Kier molecular flexibility index (Phi) is 10.2. The maximum Gasteiger partial charge on any atom is 0.274 e. The molecule has 0 spiro atoms. The number of amides is 5. The van der Waals surface area contributed by atoms with Crippen LogP contribution in [0.3, 0.4) is 0 Å². The summed E-state index contributed by atoms with van der Waals surface area (Å²) in [5, 5.41) is 15.2. The average molecular weight is 761 g/mol. The highest BCUT2D eigenvalue weighted by atomic mass is 32.1. The van der Waals surface area contributed by atoms with Gasteiger partial charge in [0.25, 0.3) is 23.6 Å². The number of pyridine rings is 1. The molecule has 17 nitrogen and oxygen atoms in total. The van der Waals surface area contributed by atoms with Gasteiger partial charge >= 0.3 is 0 Å². The zero-order valence-electron chi connectivity index (χ0n) is 29.7. The molecule has 5 aromatic heterocycles. The lowest BCUT2D eigenvalue weighted by Gasteiger charge is -2.22. The fourth-order valence-electron chi connectivity index (χ4n) is 5.45. The van der Waals surface area contributed by atoms with E-state index in [-0.39, 0.29) is 57.6 Å². The molecular formula is C34H36N10O7S2. The molecule has 5 amide bonds. The van der Waals surface area contributed by atoms with Crippen LogP contribution in [0.2, 0.25) is 0 Å². The number of primary amides is 1. The van der Waals surface area contributed by atoms with Crippen molar-refractivity contribution in [2.45, 2.75) is 72.6 Å². The van der Waals surface area contributed by atoms with E-state index in [1.807, 2.05) is 0 Å². The van der Waals surface area contributed by atoms with Crippen LogP contribution in [0.5, 0.6) is 0 Å². The van der Waals surface area contributed by atoms with Crippen molar-refractivity contribution < 1.29 is 32.8 Å². The van der Waals surface area contributed by atoms with Crippen molar-refractivity contribution in [3.8, 4) is 22.0 Å². The normalized spacial score (nSPS) is 19.9. The van der Waals surface area contributed by atoms with Crippen LogP contribution in [0.25, 0.3) is 22.0 Å². The number of carbonyl (C=O) groups excluding carboxylic acids is 5. The number of thiazole rings is 2. The Morgan fingerprint density at radius 2 is 1.30 bits per heavy atom. The van der Waals surface area contributed by atoms with Crippen molar-refractivity contribution in [3.63, 3.8) is 0 Å². The molecule has 0 saturated heterocycles. The van der Waals surface area contributed by atoms with Crippen LogP contribution in [-0.2, 0) is 4.79 Å². The number of hydrogen-bond donors (Lipinski definition) is 5. The van der Waals surface area contributed by atoms with Crippen molar-refractivity contribution >= 4 is 52.2 Å². The molecule has 6 heterocycles. The highest BCUT2D eigenvalue weighted by Gasteiger charge is 2.31. The molecule has 6 rings (SSSR count). The third kappa shape index (κ3) is 7.56. The predicted octanol–water partition coefficient (Wildman–Crippen LogP) is 3.95. The van der Waals surface area contributed by atoms with E-state index < -0.39 is 53.7 Å².